The van der Waals surface area contributed by atoms with Crippen LogP contribution in [0, 0.1) is 5.92 Å². The first-order valence-corrected chi connectivity index (χ1v) is 6.48. The summed E-state index contributed by atoms with van der Waals surface area (Å²) in [5.41, 5.74) is 3.06. The van der Waals surface area contributed by atoms with Gasteiger partial charge in [-0.3, -0.25) is 0 Å². The van der Waals surface area contributed by atoms with Crippen molar-refractivity contribution in [3.8, 4) is 0 Å². The van der Waals surface area contributed by atoms with Crippen LogP contribution in [-0.4, -0.2) is 31.2 Å². The molecule has 0 aromatic rings. The van der Waals surface area contributed by atoms with Gasteiger partial charge in [-0.25, -0.2) is 0 Å². The zero-order valence-electron chi connectivity index (χ0n) is 10.5. The van der Waals surface area contributed by atoms with Crippen LogP contribution in [0.25, 0.3) is 0 Å². The van der Waals surface area contributed by atoms with E-state index in [1.54, 1.807) is 5.57 Å². The Hall–Kier alpha value is -0.760. The fraction of sp³-hybridized carbons (Fsp3) is 0.714. The highest BCUT2D eigenvalue weighted by molar-refractivity contribution is 5.27. The Kier molecular flexibility index (Phi) is 4.05. The molecule has 2 heteroatoms. The highest BCUT2D eigenvalue weighted by Crippen LogP contribution is 2.25. The molecule has 1 saturated heterocycles. The van der Waals surface area contributed by atoms with E-state index in [1.807, 2.05) is 0 Å². The fourth-order valence-corrected chi connectivity index (χ4v) is 2.47. The van der Waals surface area contributed by atoms with Crippen LogP contribution in [0.1, 0.15) is 33.1 Å². The van der Waals surface area contributed by atoms with Gasteiger partial charge in [-0.05, 0) is 31.3 Å². The molecular formula is C14H23NO. The van der Waals surface area contributed by atoms with E-state index in [0.717, 1.165) is 32.2 Å². The predicted molar refractivity (Wildman–Crippen MR) is 67.2 cm³/mol. The van der Waals surface area contributed by atoms with Gasteiger partial charge in [0.15, 0.2) is 0 Å². The van der Waals surface area contributed by atoms with Crippen molar-refractivity contribution in [2.24, 2.45) is 5.92 Å². The van der Waals surface area contributed by atoms with Crippen molar-refractivity contribution in [1.82, 2.24) is 4.90 Å². The van der Waals surface area contributed by atoms with Crippen LogP contribution in [0.5, 0.6) is 0 Å². The van der Waals surface area contributed by atoms with Crippen molar-refractivity contribution >= 4 is 0 Å². The number of nitrogens with zero attached hydrogens (tertiary/aromatic N) is 1. The molecule has 1 heterocycles. The Morgan fingerprint density at radius 1 is 1.31 bits per heavy atom. The molecule has 0 aromatic heterocycles. The van der Waals surface area contributed by atoms with E-state index in [9.17, 15) is 0 Å². The van der Waals surface area contributed by atoms with E-state index in [0.29, 0.717) is 0 Å². The third-order valence-electron chi connectivity index (χ3n) is 3.22. The molecule has 16 heavy (non-hydrogen) atoms. The van der Waals surface area contributed by atoms with Gasteiger partial charge < -0.3 is 9.64 Å². The third-order valence-corrected chi connectivity index (χ3v) is 3.22. The van der Waals surface area contributed by atoms with Crippen LogP contribution in [0.3, 0.4) is 0 Å². The van der Waals surface area contributed by atoms with Crippen molar-refractivity contribution in [2.45, 2.75) is 33.1 Å². The molecule has 2 aliphatic rings. The first-order chi connectivity index (χ1) is 7.75. The molecule has 0 bridgehead atoms. The average molecular weight is 221 g/mol. The summed E-state index contributed by atoms with van der Waals surface area (Å²) in [6.45, 7) is 8.46. The lowest BCUT2D eigenvalue weighted by Crippen LogP contribution is -2.35. The Labute approximate surface area is 99.0 Å². The van der Waals surface area contributed by atoms with Crippen molar-refractivity contribution < 1.29 is 4.74 Å². The summed E-state index contributed by atoms with van der Waals surface area (Å²) in [6, 6.07) is 0. The topological polar surface area (TPSA) is 12.5 Å². The standard InChI is InChI=1S/C14H23NO/c1-12(2)10-13-4-3-5-14(11-13)15-6-8-16-9-7-15/h5,11-12H,3-4,6-10H2,1-2H3. The molecule has 1 fully saturated rings. The quantitative estimate of drug-likeness (QED) is 0.726. The summed E-state index contributed by atoms with van der Waals surface area (Å²) < 4.78 is 5.39. The molecule has 0 aromatic carbocycles. The second-order valence-corrected chi connectivity index (χ2v) is 5.17. The largest absolute Gasteiger partial charge is 0.378 e. The minimum Gasteiger partial charge on any atom is -0.378 e. The monoisotopic (exact) mass is 221 g/mol. The molecule has 0 atom stereocenters. The first-order valence-electron chi connectivity index (χ1n) is 6.48. The smallest absolute Gasteiger partial charge is 0.0642 e. The summed E-state index contributed by atoms with van der Waals surface area (Å²) in [4.78, 5) is 2.46. The van der Waals surface area contributed by atoms with Crippen LogP contribution in [0.15, 0.2) is 23.4 Å². The molecule has 0 saturated carbocycles. The number of ether oxygens (including phenoxy) is 1. The minimum atomic E-state index is 0.773. The van der Waals surface area contributed by atoms with E-state index in [4.69, 9.17) is 4.74 Å². The highest BCUT2D eigenvalue weighted by Gasteiger charge is 2.15. The second-order valence-electron chi connectivity index (χ2n) is 5.17. The lowest BCUT2D eigenvalue weighted by atomic mass is 9.94. The summed E-state index contributed by atoms with van der Waals surface area (Å²) >= 11 is 0. The molecule has 0 unspecified atom stereocenters. The molecule has 0 amide bonds. The number of hydrogen-bond acceptors (Lipinski definition) is 2. The molecule has 1 aliphatic heterocycles. The van der Waals surface area contributed by atoms with Crippen LogP contribution in [-0.2, 0) is 4.74 Å². The third kappa shape index (κ3) is 3.11. The van der Waals surface area contributed by atoms with Gasteiger partial charge in [0.25, 0.3) is 0 Å². The van der Waals surface area contributed by atoms with Crippen molar-refractivity contribution in [3.63, 3.8) is 0 Å². The lowest BCUT2D eigenvalue weighted by molar-refractivity contribution is 0.0550. The molecule has 0 radical (unpaired) electrons. The number of rotatable bonds is 3. The van der Waals surface area contributed by atoms with Crippen LogP contribution in [0.4, 0.5) is 0 Å². The Balaban J connectivity index is 1.98. The maximum Gasteiger partial charge on any atom is 0.0642 e. The minimum absolute atomic E-state index is 0.773. The fourth-order valence-electron chi connectivity index (χ4n) is 2.47. The van der Waals surface area contributed by atoms with E-state index in [2.05, 4.69) is 30.9 Å². The zero-order valence-corrected chi connectivity index (χ0v) is 10.5. The average Bonchev–Trinajstić information content (AvgIpc) is 2.30. The van der Waals surface area contributed by atoms with Gasteiger partial charge >= 0.3 is 0 Å². The van der Waals surface area contributed by atoms with E-state index < -0.39 is 0 Å². The van der Waals surface area contributed by atoms with E-state index in [1.165, 1.54) is 25.0 Å². The molecule has 2 nitrogen and oxygen atoms in total. The second kappa shape index (κ2) is 5.53. The van der Waals surface area contributed by atoms with Crippen LogP contribution in [0.2, 0.25) is 0 Å². The van der Waals surface area contributed by atoms with Gasteiger partial charge in [0.1, 0.15) is 0 Å². The van der Waals surface area contributed by atoms with Gasteiger partial charge in [0, 0.05) is 18.8 Å². The molecule has 0 spiro atoms. The number of allylic oxidation sites excluding steroid dienone is 3. The van der Waals surface area contributed by atoms with E-state index >= 15 is 0 Å². The number of hydrogen-bond donors (Lipinski definition) is 0. The Morgan fingerprint density at radius 3 is 2.75 bits per heavy atom. The lowest BCUT2D eigenvalue weighted by Gasteiger charge is -2.31. The molecule has 1 aliphatic carbocycles. The summed E-state index contributed by atoms with van der Waals surface area (Å²) in [6.07, 6.45) is 8.52. The predicted octanol–water partition coefficient (Wildman–Crippen LogP) is 2.97. The first kappa shape index (κ1) is 11.7. The highest BCUT2D eigenvalue weighted by atomic mass is 16.5. The molecule has 0 N–H and O–H groups in total. The van der Waals surface area contributed by atoms with E-state index in [-0.39, 0.29) is 0 Å². The molecular weight excluding hydrogens is 198 g/mol. The Bertz CT molecular complexity index is 285. The molecule has 2 rings (SSSR count). The maximum atomic E-state index is 5.39. The summed E-state index contributed by atoms with van der Waals surface area (Å²) in [7, 11) is 0. The van der Waals surface area contributed by atoms with Crippen molar-refractivity contribution in [2.75, 3.05) is 26.3 Å². The Morgan fingerprint density at radius 2 is 2.06 bits per heavy atom. The summed E-state index contributed by atoms with van der Waals surface area (Å²) in [5, 5.41) is 0. The number of morpholine rings is 1. The zero-order chi connectivity index (χ0) is 11.4. The van der Waals surface area contributed by atoms with Gasteiger partial charge in [-0.2, -0.15) is 0 Å². The maximum absolute atomic E-state index is 5.39. The van der Waals surface area contributed by atoms with Crippen LogP contribution < -0.4 is 0 Å². The van der Waals surface area contributed by atoms with Gasteiger partial charge in [-0.1, -0.05) is 25.5 Å². The van der Waals surface area contributed by atoms with Gasteiger partial charge in [0.2, 0.25) is 0 Å². The van der Waals surface area contributed by atoms with Gasteiger partial charge in [0.05, 0.1) is 13.2 Å². The van der Waals surface area contributed by atoms with Crippen LogP contribution >= 0.6 is 0 Å². The normalized spacial score (nSPS) is 22.1. The SMILES string of the molecule is CC(C)CC1=CC(N2CCOCC2)=CCC1. The molecule has 90 valence electrons. The van der Waals surface area contributed by atoms with Crippen molar-refractivity contribution in [3.05, 3.63) is 23.4 Å². The van der Waals surface area contributed by atoms with Gasteiger partial charge in [-0.15, -0.1) is 0 Å². The van der Waals surface area contributed by atoms with Crippen molar-refractivity contribution in [1.29, 1.82) is 0 Å². The summed E-state index contributed by atoms with van der Waals surface area (Å²) in [5.74, 6) is 0.773.